The van der Waals surface area contributed by atoms with Crippen molar-refractivity contribution in [3.05, 3.63) is 52.6 Å². The Balaban J connectivity index is 2.12. The smallest absolute Gasteiger partial charge is 0.188 e. The number of carbonyl (C=O) groups is 1. The van der Waals surface area contributed by atoms with Crippen molar-refractivity contribution in [2.24, 2.45) is 0 Å². The summed E-state index contributed by atoms with van der Waals surface area (Å²) in [4.78, 5) is 11.6. The van der Waals surface area contributed by atoms with Gasteiger partial charge in [0.25, 0.3) is 0 Å². The highest BCUT2D eigenvalue weighted by Crippen LogP contribution is 2.47. The van der Waals surface area contributed by atoms with Crippen molar-refractivity contribution in [3.63, 3.8) is 0 Å². The van der Waals surface area contributed by atoms with Crippen LogP contribution >= 0.6 is 0 Å². The average molecular weight is 367 g/mol. The minimum absolute atomic E-state index is 0.126. The molecule has 0 saturated heterocycles. The zero-order valence-electron chi connectivity index (χ0n) is 17.3. The van der Waals surface area contributed by atoms with Crippen LogP contribution in [0.1, 0.15) is 67.6 Å². The molecular weight excluding hydrogens is 336 g/mol. The summed E-state index contributed by atoms with van der Waals surface area (Å²) in [6.45, 7) is 11.6. The van der Waals surface area contributed by atoms with Crippen molar-refractivity contribution >= 4 is 6.29 Å². The summed E-state index contributed by atoms with van der Waals surface area (Å²) in [5, 5.41) is 0. The van der Waals surface area contributed by atoms with Gasteiger partial charge in [-0.2, -0.15) is 0 Å². The monoisotopic (exact) mass is 366 g/mol. The van der Waals surface area contributed by atoms with Gasteiger partial charge in [-0.25, -0.2) is 0 Å². The third-order valence-electron chi connectivity index (χ3n) is 5.98. The molecule has 0 bridgehead atoms. The van der Waals surface area contributed by atoms with Crippen LogP contribution in [-0.2, 0) is 15.6 Å². The van der Waals surface area contributed by atoms with Crippen LogP contribution in [0.15, 0.2) is 30.3 Å². The lowest BCUT2D eigenvalue weighted by atomic mass is 9.62. The highest BCUT2D eigenvalue weighted by molar-refractivity contribution is 5.83. The molecule has 0 N–H and O–H groups in total. The Morgan fingerprint density at radius 2 is 1.63 bits per heavy atom. The molecule has 3 heteroatoms. The van der Waals surface area contributed by atoms with Gasteiger partial charge in [-0.05, 0) is 70.5 Å². The van der Waals surface area contributed by atoms with Crippen LogP contribution in [0.5, 0.6) is 5.75 Å². The fourth-order valence-corrected chi connectivity index (χ4v) is 4.10. The summed E-state index contributed by atoms with van der Waals surface area (Å²) >= 11 is 0. The van der Waals surface area contributed by atoms with E-state index in [9.17, 15) is 4.79 Å². The molecule has 0 saturated carbocycles. The van der Waals surface area contributed by atoms with Crippen LogP contribution in [0, 0.1) is 6.92 Å². The first-order valence-corrected chi connectivity index (χ1v) is 9.56. The molecule has 3 rings (SSSR count). The van der Waals surface area contributed by atoms with Gasteiger partial charge in [-0.3, -0.25) is 4.79 Å². The second kappa shape index (κ2) is 7.12. The highest BCUT2D eigenvalue weighted by atomic mass is 16.7. The van der Waals surface area contributed by atoms with Crippen molar-refractivity contribution in [2.75, 3.05) is 13.9 Å². The molecular formula is C24H30O3. The van der Waals surface area contributed by atoms with E-state index in [1.54, 1.807) is 7.11 Å². The van der Waals surface area contributed by atoms with Crippen molar-refractivity contribution in [2.45, 2.75) is 58.3 Å². The number of methoxy groups -OCH3 is 1. The minimum atomic E-state index is 0.126. The van der Waals surface area contributed by atoms with Crippen molar-refractivity contribution in [1.29, 1.82) is 0 Å². The van der Waals surface area contributed by atoms with Gasteiger partial charge in [0.2, 0.25) is 0 Å². The first-order valence-electron chi connectivity index (χ1n) is 9.56. The number of rotatable bonds is 5. The Labute approximate surface area is 162 Å². The predicted molar refractivity (Wildman–Crippen MR) is 110 cm³/mol. The molecule has 27 heavy (non-hydrogen) atoms. The Kier molecular flexibility index (Phi) is 5.18. The quantitative estimate of drug-likeness (QED) is 0.495. The molecule has 1 aliphatic rings. The van der Waals surface area contributed by atoms with E-state index in [0.29, 0.717) is 11.3 Å². The van der Waals surface area contributed by atoms with E-state index >= 15 is 0 Å². The van der Waals surface area contributed by atoms with Gasteiger partial charge in [-0.15, -0.1) is 0 Å². The SMILES string of the molecule is COCOc1ccc(-c2cc3c(cc2C)C(C)(C)CCC3(C)C)cc1C=O. The number of hydrogen-bond donors (Lipinski definition) is 0. The van der Waals surface area contributed by atoms with E-state index in [0.717, 1.165) is 11.8 Å². The summed E-state index contributed by atoms with van der Waals surface area (Å²) in [7, 11) is 1.56. The van der Waals surface area contributed by atoms with Crippen molar-refractivity contribution < 1.29 is 14.3 Å². The molecule has 0 aliphatic heterocycles. The highest BCUT2D eigenvalue weighted by Gasteiger charge is 2.37. The van der Waals surface area contributed by atoms with Crippen LogP contribution in [0.3, 0.4) is 0 Å². The molecule has 2 aromatic rings. The van der Waals surface area contributed by atoms with E-state index in [2.05, 4.69) is 46.8 Å². The molecule has 0 amide bonds. The van der Waals surface area contributed by atoms with Gasteiger partial charge in [0.1, 0.15) is 5.75 Å². The van der Waals surface area contributed by atoms with E-state index in [1.807, 2.05) is 18.2 Å². The van der Waals surface area contributed by atoms with Crippen LogP contribution in [0.25, 0.3) is 11.1 Å². The summed E-state index contributed by atoms with van der Waals surface area (Å²) in [6, 6.07) is 10.5. The molecule has 1 aliphatic carbocycles. The van der Waals surface area contributed by atoms with E-state index in [-0.39, 0.29) is 17.6 Å². The lowest BCUT2D eigenvalue weighted by Gasteiger charge is -2.42. The maximum atomic E-state index is 11.6. The van der Waals surface area contributed by atoms with Crippen molar-refractivity contribution in [3.8, 4) is 16.9 Å². The number of aryl methyl sites for hydroxylation is 1. The summed E-state index contributed by atoms with van der Waals surface area (Å²) in [6.07, 6.45) is 3.22. The van der Waals surface area contributed by atoms with Crippen LogP contribution in [0.4, 0.5) is 0 Å². The molecule has 0 atom stereocenters. The Hall–Kier alpha value is -2.13. The largest absolute Gasteiger partial charge is 0.467 e. The van der Waals surface area contributed by atoms with Gasteiger partial charge < -0.3 is 9.47 Å². The number of carbonyl (C=O) groups excluding carboxylic acids is 1. The molecule has 0 heterocycles. The Morgan fingerprint density at radius 1 is 1.00 bits per heavy atom. The zero-order chi connectivity index (χ0) is 19.8. The van der Waals surface area contributed by atoms with Crippen LogP contribution < -0.4 is 4.74 Å². The molecule has 144 valence electrons. The minimum Gasteiger partial charge on any atom is -0.467 e. The lowest BCUT2D eigenvalue weighted by Crippen LogP contribution is -2.34. The molecule has 0 unspecified atom stereocenters. The third-order valence-corrected chi connectivity index (χ3v) is 5.98. The van der Waals surface area contributed by atoms with E-state index in [1.165, 1.54) is 35.1 Å². The topological polar surface area (TPSA) is 35.5 Å². The Morgan fingerprint density at radius 3 is 2.22 bits per heavy atom. The normalized spacial score (nSPS) is 17.3. The molecule has 2 aromatic carbocycles. The summed E-state index contributed by atoms with van der Waals surface area (Å²) in [5.74, 6) is 0.549. The number of hydrogen-bond acceptors (Lipinski definition) is 3. The predicted octanol–water partition coefficient (Wildman–Crippen LogP) is 5.81. The van der Waals surface area contributed by atoms with Gasteiger partial charge in [-0.1, -0.05) is 45.9 Å². The van der Waals surface area contributed by atoms with Crippen LogP contribution in [-0.4, -0.2) is 20.2 Å². The maximum absolute atomic E-state index is 11.6. The molecule has 3 nitrogen and oxygen atoms in total. The van der Waals surface area contributed by atoms with Crippen molar-refractivity contribution in [1.82, 2.24) is 0 Å². The van der Waals surface area contributed by atoms with Gasteiger partial charge in [0, 0.05) is 7.11 Å². The second-order valence-corrected chi connectivity index (χ2v) is 8.90. The Bertz CT molecular complexity index is 862. The third kappa shape index (κ3) is 3.66. The van der Waals surface area contributed by atoms with E-state index in [4.69, 9.17) is 9.47 Å². The molecule has 0 fully saturated rings. The standard InChI is InChI=1S/C24H30O3/c1-16-11-20-21(24(4,5)10-9-23(20,2)3)13-19(16)17-7-8-22(27-15-26-6)18(12-17)14-25/h7-8,11-14H,9-10,15H2,1-6H3. The zero-order valence-corrected chi connectivity index (χ0v) is 17.3. The van der Waals surface area contributed by atoms with Gasteiger partial charge in [0.05, 0.1) is 5.56 Å². The fraction of sp³-hybridized carbons (Fsp3) is 0.458. The first-order chi connectivity index (χ1) is 12.7. The van der Waals surface area contributed by atoms with E-state index < -0.39 is 0 Å². The molecule has 0 aromatic heterocycles. The first kappa shape index (κ1) is 19.6. The molecule has 0 spiro atoms. The lowest BCUT2D eigenvalue weighted by molar-refractivity contribution is 0.0505. The van der Waals surface area contributed by atoms with Gasteiger partial charge >= 0.3 is 0 Å². The average Bonchev–Trinajstić information content (AvgIpc) is 2.63. The number of fused-ring (bicyclic) bond motifs is 1. The second-order valence-electron chi connectivity index (χ2n) is 8.90. The fourth-order valence-electron chi connectivity index (χ4n) is 4.10. The summed E-state index contributed by atoms with van der Waals surface area (Å²) < 4.78 is 10.4. The summed E-state index contributed by atoms with van der Waals surface area (Å²) in [5.41, 5.74) is 7.23. The molecule has 0 radical (unpaired) electrons. The number of benzene rings is 2. The number of ether oxygens (including phenoxy) is 2. The number of aldehydes is 1. The van der Waals surface area contributed by atoms with Gasteiger partial charge in [0.15, 0.2) is 13.1 Å². The van der Waals surface area contributed by atoms with Crippen LogP contribution in [0.2, 0.25) is 0 Å². The maximum Gasteiger partial charge on any atom is 0.188 e.